The third-order valence-electron chi connectivity index (χ3n) is 4.92. The van der Waals surface area contributed by atoms with Crippen molar-refractivity contribution in [1.82, 2.24) is 14.9 Å². The van der Waals surface area contributed by atoms with Gasteiger partial charge in [-0.05, 0) is 32.6 Å². The SMILES string of the molecule is CCC(C)N1CCc2ncnc(N3CCCC3)c2CC1. The minimum atomic E-state index is 0.674. The fraction of sp³-hybridized carbons (Fsp3) is 0.750. The summed E-state index contributed by atoms with van der Waals surface area (Å²) in [6.07, 6.45) is 7.78. The van der Waals surface area contributed by atoms with Crippen LogP contribution in [0.2, 0.25) is 0 Å². The van der Waals surface area contributed by atoms with E-state index in [2.05, 4.69) is 33.6 Å². The molecule has 3 rings (SSSR count). The van der Waals surface area contributed by atoms with E-state index in [9.17, 15) is 0 Å². The zero-order valence-electron chi connectivity index (χ0n) is 12.8. The van der Waals surface area contributed by atoms with Crippen LogP contribution in [0.5, 0.6) is 0 Å². The highest BCUT2D eigenvalue weighted by molar-refractivity contribution is 5.50. The normalized spacial score (nSPS) is 21.6. The molecule has 0 radical (unpaired) electrons. The van der Waals surface area contributed by atoms with E-state index >= 15 is 0 Å². The molecule has 0 spiro atoms. The molecule has 1 aromatic rings. The zero-order chi connectivity index (χ0) is 13.9. The van der Waals surface area contributed by atoms with Crippen molar-refractivity contribution in [1.29, 1.82) is 0 Å². The first kappa shape index (κ1) is 13.8. The molecule has 1 fully saturated rings. The van der Waals surface area contributed by atoms with Gasteiger partial charge in [-0.15, -0.1) is 0 Å². The van der Waals surface area contributed by atoms with E-state index in [0.717, 1.165) is 25.9 Å². The first-order valence-corrected chi connectivity index (χ1v) is 8.11. The average molecular weight is 274 g/mol. The monoisotopic (exact) mass is 274 g/mol. The number of hydrogen-bond acceptors (Lipinski definition) is 4. The van der Waals surface area contributed by atoms with Crippen molar-refractivity contribution in [3.05, 3.63) is 17.6 Å². The van der Waals surface area contributed by atoms with E-state index in [1.165, 1.54) is 49.4 Å². The molecule has 0 N–H and O–H groups in total. The van der Waals surface area contributed by atoms with Crippen LogP contribution in [0.1, 0.15) is 44.4 Å². The second-order valence-electron chi connectivity index (χ2n) is 6.11. The molecule has 1 saturated heterocycles. The summed E-state index contributed by atoms with van der Waals surface area (Å²) in [5, 5.41) is 0. The van der Waals surface area contributed by atoms with Crippen molar-refractivity contribution in [3.63, 3.8) is 0 Å². The molecule has 0 bridgehead atoms. The molecular weight excluding hydrogens is 248 g/mol. The molecule has 2 aliphatic heterocycles. The third kappa shape index (κ3) is 2.66. The largest absolute Gasteiger partial charge is 0.356 e. The molecule has 1 unspecified atom stereocenters. The van der Waals surface area contributed by atoms with Crippen molar-refractivity contribution in [3.8, 4) is 0 Å². The van der Waals surface area contributed by atoms with Gasteiger partial charge in [-0.25, -0.2) is 9.97 Å². The van der Waals surface area contributed by atoms with E-state index in [-0.39, 0.29) is 0 Å². The number of hydrogen-bond donors (Lipinski definition) is 0. The minimum absolute atomic E-state index is 0.674. The van der Waals surface area contributed by atoms with Gasteiger partial charge in [0.2, 0.25) is 0 Å². The number of nitrogens with zero attached hydrogens (tertiary/aromatic N) is 4. The molecule has 0 saturated carbocycles. The van der Waals surface area contributed by atoms with E-state index < -0.39 is 0 Å². The lowest BCUT2D eigenvalue weighted by Crippen LogP contribution is -2.34. The maximum absolute atomic E-state index is 4.60. The van der Waals surface area contributed by atoms with Gasteiger partial charge in [-0.3, -0.25) is 4.90 Å². The Kier molecular flexibility index (Phi) is 4.20. The van der Waals surface area contributed by atoms with Gasteiger partial charge in [0.15, 0.2) is 0 Å². The number of fused-ring (bicyclic) bond motifs is 1. The summed E-state index contributed by atoms with van der Waals surface area (Å²) in [7, 11) is 0. The predicted octanol–water partition coefficient (Wildman–Crippen LogP) is 2.28. The van der Waals surface area contributed by atoms with Gasteiger partial charge in [-0.2, -0.15) is 0 Å². The highest BCUT2D eigenvalue weighted by Crippen LogP contribution is 2.26. The van der Waals surface area contributed by atoms with Gasteiger partial charge in [0.25, 0.3) is 0 Å². The summed E-state index contributed by atoms with van der Waals surface area (Å²) in [5.74, 6) is 1.22. The second-order valence-corrected chi connectivity index (χ2v) is 6.11. The number of anilines is 1. The molecule has 2 aliphatic rings. The van der Waals surface area contributed by atoms with Gasteiger partial charge in [0, 0.05) is 44.2 Å². The van der Waals surface area contributed by atoms with E-state index in [4.69, 9.17) is 0 Å². The molecule has 3 heterocycles. The molecule has 4 nitrogen and oxygen atoms in total. The van der Waals surface area contributed by atoms with Gasteiger partial charge in [0.1, 0.15) is 12.1 Å². The van der Waals surface area contributed by atoms with Crippen molar-refractivity contribution in [2.24, 2.45) is 0 Å². The van der Waals surface area contributed by atoms with Crippen LogP contribution in [-0.2, 0) is 12.8 Å². The van der Waals surface area contributed by atoms with Gasteiger partial charge >= 0.3 is 0 Å². The van der Waals surface area contributed by atoms with Gasteiger partial charge in [0.05, 0.1) is 5.69 Å². The van der Waals surface area contributed by atoms with Crippen LogP contribution in [0, 0.1) is 0 Å². The van der Waals surface area contributed by atoms with E-state index in [1.807, 2.05) is 0 Å². The molecule has 20 heavy (non-hydrogen) atoms. The molecule has 1 aromatic heterocycles. The van der Waals surface area contributed by atoms with Crippen molar-refractivity contribution in [2.45, 2.75) is 52.0 Å². The lowest BCUT2D eigenvalue weighted by molar-refractivity contribution is 0.213. The standard InChI is InChI=1S/C16H26N4/c1-3-13(2)19-10-6-14-15(7-11-19)17-12-18-16(14)20-8-4-5-9-20/h12-13H,3-11H2,1-2H3. The fourth-order valence-corrected chi connectivity index (χ4v) is 3.43. The quantitative estimate of drug-likeness (QED) is 0.846. The van der Waals surface area contributed by atoms with Crippen LogP contribution in [0.3, 0.4) is 0 Å². The van der Waals surface area contributed by atoms with E-state index in [0.29, 0.717) is 6.04 Å². The maximum atomic E-state index is 4.60. The summed E-state index contributed by atoms with van der Waals surface area (Å²) in [6, 6.07) is 0.674. The average Bonchev–Trinajstić information content (AvgIpc) is 2.92. The Morgan fingerprint density at radius 1 is 1.10 bits per heavy atom. The molecule has 4 heteroatoms. The molecule has 0 aromatic carbocycles. The highest BCUT2D eigenvalue weighted by atomic mass is 15.2. The second kappa shape index (κ2) is 6.08. The smallest absolute Gasteiger partial charge is 0.135 e. The summed E-state index contributed by atoms with van der Waals surface area (Å²) >= 11 is 0. The number of aromatic nitrogens is 2. The molecule has 0 amide bonds. The number of rotatable bonds is 3. The summed E-state index contributed by atoms with van der Waals surface area (Å²) in [6.45, 7) is 9.23. The van der Waals surface area contributed by atoms with Gasteiger partial charge < -0.3 is 4.90 Å². The van der Waals surface area contributed by atoms with Crippen LogP contribution in [0.4, 0.5) is 5.82 Å². The minimum Gasteiger partial charge on any atom is -0.356 e. The summed E-state index contributed by atoms with van der Waals surface area (Å²) in [4.78, 5) is 14.2. The predicted molar refractivity (Wildman–Crippen MR) is 82.2 cm³/mol. The fourth-order valence-electron chi connectivity index (χ4n) is 3.43. The molecule has 0 aliphatic carbocycles. The Morgan fingerprint density at radius 3 is 2.60 bits per heavy atom. The highest BCUT2D eigenvalue weighted by Gasteiger charge is 2.24. The van der Waals surface area contributed by atoms with Crippen LogP contribution in [0.25, 0.3) is 0 Å². The Balaban J connectivity index is 1.82. The Morgan fingerprint density at radius 2 is 1.85 bits per heavy atom. The Labute approximate surface area is 122 Å². The van der Waals surface area contributed by atoms with Crippen LogP contribution in [-0.4, -0.2) is 47.1 Å². The van der Waals surface area contributed by atoms with Gasteiger partial charge in [-0.1, -0.05) is 6.92 Å². The van der Waals surface area contributed by atoms with Crippen LogP contribution in [0.15, 0.2) is 6.33 Å². The lowest BCUT2D eigenvalue weighted by Gasteiger charge is -2.26. The summed E-state index contributed by atoms with van der Waals surface area (Å²) < 4.78 is 0. The van der Waals surface area contributed by atoms with Crippen LogP contribution >= 0.6 is 0 Å². The molecule has 1 atom stereocenters. The van der Waals surface area contributed by atoms with Crippen molar-refractivity contribution >= 4 is 5.82 Å². The maximum Gasteiger partial charge on any atom is 0.135 e. The lowest BCUT2D eigenvalue weighted by atomic mass is 10.1. The Bertz CT molecular complexity index is 454. The van der Waals surface area contributed by atoms with Crippen molar-refractivity contribution < 1.29 is 0 Å². The topological polar surface area (TPSA) is 32.3 Å². The first-order valence-electron chi connectivity index (χ1n) is 8.11. The third-order valence-corrected chi connectivity index (χ3v) is 4.92. The first-order chi connectivity index (χ1) is 9.79. The summed E-state index contributed by atoms with van der Waals surface area (Å²) in [5.41, 5.74) is 2.70. The molecular formula is C16H26N4. The van der Waals surface area contributed by atoms with Crippen LogP contribution < -0.4 is 4.90 Å². The Hall–Kier alpha value is -1.16. The molecule has 110 valence electrons. The van der Waals surface area contributed by atoms with Crippen molar-refractivity contribution in [2.75, 3.05) is 31.1 Å². The zero-order valence-corrected chi connectivity index (χ0v) is 12.8. The van der Waals surface area contributed by atoms with E-state index in [1.54, 1.807) is 6.33 Å².